The fourth-order valence-corrected chi connectivity index (χ4v) is 3.78. The van der Waals surface area contributed by atoms with Crippen molar-refractivity contribution < 1.29 is 22.9 Å². The van der Waals surface area contributed by atoms with Crippen LogP contribution in [0.25, 0.3) is 0 Å². The summed E-state index contributed by atoms with van der Waals surface area (Å²) in [6.45, 7) is -0.0562. The molecule has 2 aromatic rings. The third-order valence-electron chi connectivity index (χ3n) is 3.92. The van der Waals surface area contributed by atoms with E-state index in [0.29, 0.717) is 10.7 Å². The van der Waals surface area contributed by atoms with Crippen LogP contribution >= 0.6 is 11.6 Å². The lowest BCUT2D eigenvalue weighted by Crippen LogP contribution is -2.32. The van der Waals surface area contributed by atoms with Gasteiger partial charge in [-0.25, -0.2) is 8.42 Å². The van der Waals surface area contributed by atoms with Crippen LogP contribution in [0.1, 0.15) is 12.8 Å². The van der Waals surface area contributed by atoms with Gasteiger partial charge in [-0.15, -0.1) is 0 Å². The van der Waals surface area contributed by atoms with Crippen LogP contribution < -0.4 is 14.4 Å². The van der Waals surface area contributed by atoms with Crippen LogP contribution in [0.3, 0.4) is 0 Å². The fourth-order valence-electron chi connectivity index (χ4n) is 2.62. The molecule has 0 heterocycles. The number of nitrogens with zero attached hydrogens (tertiary/aromatic N) is 2. The van der Waals surface area contributed by atoms with Gasteiger partial charge in [0.1, 0.15) is 11.4 Å². The number of carbonyl (C=O) groups is 1. The minimum atomic E-state index is -3.77. The minimum Gasteiger partial charge on any atom is -0.495 e. The number of rotatable bonds is 9. The van der Waals surface area contributed by atoms with Crippen LogP contribution in [-0.2, 0) is 14.8 Å². The van der Waals surface area contributed by atoms with Crippen molar-refractivity contribution in [2.24, 2.45) is 0 Å². The van der Waals surface area contributed by atoms with Crippen molar-refractivity contribution in [3.8, 4) is 5.75 Å². The number of halogens is 1. The van der Waals surface area contributed by atoms with Crippen LogP contribution in [0.15, 0.2) is 42.5 Å². The summed E-state index contributed by atoms with van der Waals surface area (Å²) < 4.78 is 30.7. The average molecular weight is 442 g/mol. The number of nitro benzene ring substituents is 1. The number of non-ortho nitro benzene ring substituents is 1. The molecule has 2 rings (SSSR count). The molecule has 0 aliphatic carbocycles. The molecule has 0 aliphatic rings. The highest BCUT2D eigenvalue weighted by Crippen LogP contribution is 2.33. The number of nitrogens with one attached hydrogen (secondary N) is 1. The average Bonchev–Trinajstić information content (AvgIpc) is 2.63. The molecule has 2 aromatic carbocycles. The van der Waals surface area contributed by atoms with E-state index in [0.717, 1.165) is 16.6 Å². The molecule has 0 saturated carbocycles. The van der Waals surface area contributed by atoms with E-state index in [2.05, 4.69) is 5.32 Å². The summed E-state index contributed by atoms with van der Waals surface area (Å²) in [5, 5.41) is 14.2. The molecule has 0 spiro atoms. The monoisotopic (exact) mass is 441 g/mol. The molecule has 0 aromatic heterocycles. The van der Waals surface area contributed by atoms with E-state index in [1.54, 1.807) is 24.3 Å². The van der Waals surface area contributed by atoms with Crippen LogP contribution in [0.2, 0.25) is 5.02 Å². The van der Waals surface area contributed by atoms with Gasteiger partial charge < -0.3 is 10.1 Å². The minimum absolute atomic E-state index is 0.0375. The van der Waals surface area contributed by atoms with Crippen LogP contribution in [0, 0.1) is 10.1 Å². The summed E-state index contributed by atoms with van der Waals surface area (Å²) in [5.41, 5.74) is 0.301. The lowest BCUT2D eigenvalue weighted by atomic mass is 10.2. The Balaban J connectivity index is 2.13. The lowest BCUT2D eigenvalue weighted by Gasteiger charge is -2.24. The third-order valence-corrected chi connectivity index (χ3v) is 5.33. The zero-order valence-electron chi connectivity index (χ0n) is 15.8. The van der Waals surface area contributed by atoms with Crippen molar-refractivity contribution in [2.75, 3.05) is 29.5 Å². The predicted octanol–water partition coefficient (Wildman–Crippen LogP) is 3.44. The Morgan fingerprint density at radius 1 is 1.28 bits per heavy atom. The molecule has 1 N–H and O–H groups in total. The van der Waals surface area contributed by atoms with E-state index in [1.807, 2.05) is 0 Å². The molecule has 0 bridgehead atoms. The number of nitro groups is 1. The first-order chi connectivity index (χ1) is 13.6. The number of carbonyl (C=O) groups excluding carboxylic acids is 1. The first-order valence-electron chi connectivity index (χ1n) is 8.47. The van der Waals surface area contributed by atoms with Crippen LogP contribution in [0.5, 0.6) is 5.75 Å². The number of amides is 1. The van der Waals surface area contributed by atoms with Crippen molar-refractivity contribution in [3.05, 3.63) is 57.6 Å². The summed E-state index contributed by atoms with van der Waals surface area (Å²) in [5.74, 6) is -0.142. The summed E-state index contributed by atoms with van der Waals surface area (Å²) in [6, 6.07) is 10.3. The third kappa shape index (κ3) is 6.33. The molecular weight excluding hydrogens is 422 g/mol. The summed E-state index contributed by atoms with van der Waals surface area (Å²) in [6.07, 6.45) is 1.21. The number of anilines is 2. The standard InChI is InChI=1S/C18H20ClN3O6S/c1-28-17-9-8-15(22(24)25)12-16(17)21(29(2,26)27)10-4-7-18(23)20-14-6-3-5-13(19)11-14/h3,5-6,8-9,11-12H,4,7,10H2,1-2H3,(H,20,23). The van der Waals surface area contributed by atoms with Gasteiger partial charge >= 0.3 is 0 Å². The maximum absolute atomic E-state index is 12.3. The number of hydrogen-bond acceptors (Lipinski definition) is 6. The predicted molar refractivity (Wildman–Crippen MR) is 111 cm³/mol. The highest BCUT2D eigenvalue weighted by molar-refractivity contribution is 7.92. The Hall–Kier alpha value is -2.85. The Morgan fingerprint density at radius 3 is 2.59 bits per heavy atom. The van der Waals surface area contributed by atoms with Gasteiger partial charge in [0.05, 0.1) is 18.3 Å². The van der Waals surface area contributed by atoms with E-state index < -0.39 is 14.9 Å². The molecule has 156 valence electrons. The Morgan fingerprint density at radius 2 is 2.00 bits per heavy atom. The Bertz CT molecular complexity index is 1010. The maximum Gasteiger partial charge on any atom is 0.271 e. The quantitative estimate of drug-likeness (QED) is 0.470. The van der Waals surface area contributed by atoms with Crippen molar-refractivity contribution in [1.82, 2.24) is 0 Å². The second-order valence-corrected chi connectivity index (χ2v) is 8.45. The van der Waals surface area contributed by atoms with Crippen molar-refractivity contribution in [2.45, 2.75) is 12.8 Å². The normalized spacial score (nSPS) is 11.0. The van der Waals surface area contributed by atoms with Gasteiger partial charge in [-0.1, -0.05) is 17.7 Å². The van der Waals surface area contributed by atoms with Gasteiger partial charge in [0.2, 0.25) is 15.9 Å². The number of sulfonamides is 1. The fraction of sp³-hybridized carbons (Fsp3) is 0.278. The molecule has 1 amide bonds. The largest absolute Gasteiger partial charge is 0.495 e. The van der Waals surface area contributed by atoms with E-state index in [9.17, 15) is 23.3 Å². The second kappa shape index (κ2) is 9.57. The van der Waals surface area contributed by atoms with Crippen LogP contribution in [-0.4, -0.2) is 39.2 Å². The maximum atomic E-state index is 12.3. The van der Waals surface area contributed by atoms with E-state index >= 15 is 0 Å². The number of methoxy groups -OCH3 is 1. The molecule has 29 heavy (non-hydrogen) atoms. The van der Waals surface area contributed by atoms with Gasteiger partial charge in [0, 0.05) is 35.8 Å². The van der Waals surface area contributed by atoms with Gasteiger partial charge in [0.15, 0.2) is 0 Å². The van der Waals surface area contributed by atoms with Crippen LogP contribution in [0.4, 0.5) is 17.1 Å². The van der Waals surface area contributed by atoms with E-state index in [-0.39, 0.29) is 42.4 Å². The van der Waals surface area contributed by atoms with Gasteiger partial charge in [-0.2, -0.15) is 0 Å². The molecule has 0 radical (unpaired) electrons. The Labute approximate surface area is 173 Å². The first-order valence-corrected chi connectivity index (χ1v) is 10.7. The smallest absolute Gasteiger partial charge is 0.271 e. The molecule has 9 nitrogen and oxygen atoms in total. The van der Waals surface area contributed by atoms with E-state index in [1.165, 1.54) is 19.2 Å². The van der Waals surface area contributed by atoms with Gasteiger partial charge in [-0.05, 0) is 30.7 Å². The summed E-state index contributed by atoms with van der Waals surface area (Å²) >= 11 is 5.87. The zero-order valence-corrected chi connectivity index (χ0v) is 17.4. The SMILES string of the molecule is COc1ccc([N+](=O)[O-])cc1N(CCCC(=O)Nc1cccc(Cl)c1)S(C)(=O)=O. The number of hydrogen-bond donors (Lipinski definition) is 1. The first kappa shape index (κ1) is 22.4. The van der Waals surface area contributed by atoms with Crippen molar-refractivity contribution >= 4 is 44.6 Å². The van der Waals surface area contributed by atoms with E-state index in [4.69, 9.17) is 16.3 Å². The van der Waals surface area contributed by atoms with Crippen molar-refractivity contribution in [3.63, 3.8) is 0 Å². The molecule has 0 atom stereocenters. The van der Waals surface area contributed by atoms with Gasteiger partial charge in [0.25, 0.3) is 5.69 Å². The molecule has 0 aliphatic heterocycles. The number of benzene rings is 2. The molecule has 11 heteroatoms. The molecular formula is C18H20ClN3O6S. The zero-order chi connectivity index (χ0) is 21.6. The lowest BCUT2D eigenvalue weighted by molar-refractivity contribution is -0.384. The van der Waals surface area contributed by atoms with Gasteiger partial charge in [-0.3, -0.25) is 19.2 Å². The molecule has 0 fully saturated rings. The topological polar surface area (TPSA) is 119 Å². The van der Waals surface area contributed by atoms with Crippen molar-refractivity contribution in [1.29, 1.82) is 0 Å². The molecule has 0 unspecified atom stereocenters. The Kier molecular flexibility index (Phi) is 7.40. The summed E-state index contributed by atoms with van der Waals surface area (Å²) in [4.78, 5) is 22.6. The number of ether oxygens (including phenoxy) is 1. The second-order valence-electron chi connectivity index (χ2n) is 6.11. The highest BCUT2D eigenvalue weighted by atomic mass is 35.5. The highest BCUT2D eigenvalue weighted by Gasteiger charge is 2.24. The summed E-state index contributed by atoms with van der Waals surface area (Å²) in [7, 11) is -2.44. The molecule has 0 saturated heterocycles.